The van der Waals surface area contributed by atoms with E-state index in [0.717, 1.165) is 5.69 Å². The molecule has 0 aliphatic heterocycles. The SMILES string of the molecule is CNc1ccc(Br)nc1C(=N)OC1CCC(C(=O)OC)C(C)(C)C1. The van der Waals surface area contributed by atoms with Crippen molar-refractivity contribution in [2.75, 3.05) is 19.5 Å². The van der Waals surface area contributed by atoms with Gasteiger partial charge in [0.15, 0.2) is 0 Å². The Balaban J connectivity index is 2.09. The number of carbonyl (C=O) groups is 1. The van der Waals surface area contributed by atoms with Crippen molar-refractivity contribution >= 4 is 33.5 Å². The van der Waals surface area contributed by atoms with Crippen molar-refractivity contribution in [3.63, 3.8) is 0 Å². The van der Waals surface area contributed by atoms with Crippen molar-refractivity contribution in [1.29, 1.82) is 5.41 Å². The first kappa shape index (κ1) is 18.7. The van der Waals surface area contributed by atoms with Gasteiger partial charge in [-0.25, -0.2) is 4.98 Å². The third-order valence-corrected chi connectivity index (χ3v) is 5.03. The van der Waals surface area contributed by atoms with Crippen LogP contribution in [0.3, 0.4) is 0 Å². The lowest BCUT2D eigenvalue weighted by atomic mass is 9.68. The Bertz CT molecular complexity index is 634. The number of anilines is 1. The predicted octanol–water partition coefficient (Wildman–Crippen LogP) is 3.60. The molecule has 1 aromatic rings. The molecule has 1 aromatic heterocycles. The number of nitrogens with one attached hydrogen (secondary N) is 2. The number of hydrogen-bond acceptors (Lipinski definition) is 6. The molecule has 1 aliphatic carbocycles. The van der Waals surface area contributed by atoms with E-state index < -0.39 is 0 Å². The molecule has 2 N–H and O–H groups in total. The van der Waals surface area contributed by atoms with E-state index >= 15 is 0 Å². The Kier molecular flexibility index (Phi) is 5.85. The van der Waals surface area contributed by atoms with E-state index in [9.17, 15) is 4.79 Å². The molecule has 1 fully saturated rings. The van der Waals surface area contributed by atoms with Gasteiger partial charge in [0.2, 0.25) is 5.90 Å². The number of rotatable bonds is 4. The minimum absolute atomic E-state index is 0.0398. The molecule has 0 bridgehead atoms. The zero-order valence-corrected chi connectivity index (χ0v) is 16.1. The fraction of sp³-hybridized carbons (Fsp3) is 0.588. The summed E-state index contributed by atoms with van der Waals surface area (Å²) >= 11 is 3.33. The number of halogens is 1. The van der Waals surface area contributed by atoms with Gasteiger partial charge in [0, 0.05) is 7.05 Å². The molecule has 0 spiro atoms. The molecule has 0 amide bonds. The number of ether oxygens (including phenoxy) is 2. The van der Waals surface area contributed by atoms with Crippen LogP contribution in [0, 0.1) is 16.7 Å². The van der Waals surface area contributed by atoms with Crippen LogP contribution in [0.1, 0.15) is 38.8 Å². The van der Waals surface area contributed by atoms with Crippen LogP contribution in [0.5, 0.6) is 0 Å². The van der Waals surface area contributed by atoms with Gasteiger partial charge in [0.25, 0.3) is 0 Å². The summed E-state index contributed by atoms with van der Waals surface area (Å²) in [5.41, 5.74) is 0.984. The second-order valence-corrected chi connectivity index (χ2v) is 7.51. The zero-order valence-electron chi connectivity index (χ0n) is 14.5. The van der Waals surface area contributed by atoms with Crippen LogP contribution >= 0.6 is 15.9 Å². The Labute approximate surface area is 151 Å². The molecule has 24 heavy (non-hydrogen) atoms. The normalized spacial score (nSPS) is 22.5. The number of methoxy groups -OCH3 is 1. The molecule has 1 aliphatic rings. The monoisotopic (exact) mass is 397 g/mol. The van der Waals surface area contributed by atoms with Gasteiger partial charge in [-0.05, 0) is 52.7 Å². The summed E-state index contributed by atoms with van der Waals surface area (Å²) in [7, 11) is 3.21. The number of esters is 1. The molecule has 0 saturated heterocycles. The number of pyridine rings is 1. The van der Waals surface area contributed by atoms with Crippen molar-refractivity contribution in [2.45, 2.75) is 39.2 Å². The van der Waals surface area contributed by atoms with Gasteiger partial charge in [0.05, 0.1) is 18.7 Å². The molecule has 6 nitrogen and oxygen atoms in total. The van der Waals surface area contributed by atoms with E-state index in [1.54, 1.807) is 7.05 Å². The molecule has 2 unspecified atom stereocenters. The third-order valence-electron chi connectivity index (χ3n) is 4.59. The smallest absolute Gasteiger partial charge is 0.309 e. The maximum absolute atomic E-state index is 11.9. The lowest BCUT2D eigenvalue weighted by molar-refractivity contribution is -0.153. The van der Waals surface area contributed by atoms with Crippen LogP contribution in [0.2, 0.25) is 0 Å². The third kappa shape index (κ3) is 4.06. The average molecular weight is 398 g/mol. The van der Waals surface area contributed by atoms with E-state index in [4.69, 9.17) is 14.9 Å². The summed E-state index contributed by atoms with van der Waals surface area (Å²) in [5.74, 6) is -0.258. The molecule has 0 aromatic carbocycles. The summed E-state index contributed by atoms with van der Waals surface area (Å²) in [6.07, 6.45) is 1.99. The number of hydrogen-bond donors (Lipinski definition) is 2. The summed E-state index contributed by atoms with van der Waals surface area (Å²) in [4.78, 5) is 16.3. The van der Waals surface area contributed by atoms with Crippen molar-refractivity contribution in [3.8, 4) is 0 Å². The van der Waals surface area contributed by atoms with Gasteiger partial charge in [-0.15, -0.1) is 0 Å². The fourth-order valence-corrected chi connectivity index (χ4v) is 3.60. The van der Waals surface area contributed by atoms with E-state index in [1.807, 2.05) is 26.0 Å². The molecule has 1 heterocycles. The first-order chi connectivity index (χ1) is 11.3. The molecule has 2 rings (SSSR count). The second kappa shape index (κ2) is 7.51. The quantitative estimate of drug-likeness (QED) is 0.351. The van der Waals surface area contributed by atoms with Crippen molar-refractivity contribution in [2.24, 2.45) is 11.3 Å². The molecule has 0 radical (unpaired) electrons. The van der Waals surface area contributed by atoms with E-state index in [-0.39, 0.29) is 29.3 Å². The highest BCUT2D eigenvalue weighted by molar-refractivity contribution is 9.10. The average Bonchev–Trinajstić information content (AvgIpc) is 2.53. The van der Waals surface area contributed by atoms with Crippen LogP contribution in [0.15, 0.2) is 16.7 Å². The van der Waals surface area contributed by atoms with Crippen LogP contribution in [0.25, 0.3) is 0 Å². The highest BCUT2D eigenvalue weighted by Crippen LogP contribution is 2.42. The summed E-state index contributed by atoms with van der Waals surface area (Å²) < 4.78 is 11.4. The van der Waals surface area contributed by atoms with Crippen LogP contribution in [-0.2, 0) is 14.3 Å². The largest absolute Gasteiger partial charge is 0.473 e. The van der Waals surface area contributed by atoms with Gasteiger partial charge in [-0.1, -0.05) is 13.8 Å². The molecule has 7 heteroatoms. The first-order valence-corrected chi connectivity index (χ1v) is 8.75. The minimum Gasteiger partial charge on any atom is -0.473 e. The Morgan fingerprint density at radius 1 is 1.42 bits per heavy atom. The molecular formula is C17H24BrN3O3. The predicted molar refractivity (Wildman–Crippen MR) is 96.3 cm³/mol. The van der Waals surface area contributed by atoms with Gasteiger partial charge in [0.1, 0.15) is 16.4 Å². The van der Waals surface area contributed by atoms with Crippen LogP contribution < -0.4 is 5.32 Å². The number of carbonyl (C=O) groups excluding carboxylic acids is 1. The van der Waals surface area contributed by atoms with E-state index in [0.29, 0.717) is 29.6 Å². The lowest BCUT2D eigenvalue weighted by Gasteiger charge is -2.40. The second-order valence-electron chi connectivity index (χ2n) is 6.69. The van der Waals surface area contributed by atoms with Crippen LogP contribution in [0.4, 0.5) is 5.69 Å². The Morgan fingerprint density at radius 3 is 2.71 bits per heavy atom. The van der Waals surface area contributed by atoms with Crippen molar-refractivity contribution in [3.05, 3.63) is 22.4 Å². The van der Waals surface area contributed by atoms with E-state index in [1.165, 1.54) is 7.11 Å². The lowest BCUT2D eigenvalue weighted by Crippen LogP contribution is -2.41. The van der Waals surface area contributed by atoms with Crippen molar-refractivity contribution < 1.29 is 14.3 Å². The van der Waals surface area contributed by atoms with E-state index in [2.05, 4.69) is 26.2 Å². The highest BCUT2D eigenvalue weighted by atomic mass is 79.9. The van der Waals surface area contributed by atoms with Gasteiger partial charge >= 0.3 is 5.97 Å². The Morgan fingerprint density at radius 2 is 2.12 bits per heavy atom. The Hall–Kier alpha value is -1.63. The molecule has 1 saturated carbocycles. The van der Waals surface area contributed by atoms with Gasteiger partial charge in [-0.3, -0.25) is 10.2 Å². The minimum atomic E-state index is -0.229. The molecular weight excluding hydrogens is 374 g/mol. The summed E-state index contributed by atoms with van der Waals surface area (Å²) in [5, 5.41) is 11.3. The molecule has 132 valence electrons. The first-order valence-electron chi connectivity index (χ1n) is 7.96. The maximum atomic E-state index is 11.9. The summed E-state index contributed by atoms with van der Waals surface area (Å²) in [6.45, 7) is 4.09. The zero-order chi connectivity index (χ0) is 17.9. The molecule has 2 atom stereocenters. The van der Waals surface area contributed by atoms with Crippen LogP contribution in [-0.4, -0.2) is 37.1 Å². The number of nitrogens with zero attached hydrogens (tertiary/aromatic N) is 1. The standard InChI is InChI=1S/C17H24BrN3O3/c1-17(2)9-10(5-6-11(17)16(22)23-4)24-15(19)14-12(20-3)7-8-13(18)21-14/h7-8,10-11,19-20H,5-6,9H2,1-4H3. The summed E-state index contributed by atoms with van der Waals surface area (Å²) in [6, 6.07) is 3.66. The maximum Gasteiger partial charge on any atom is 0.309 e. The van der Waals surface area contributed by atoms with Gasteiger partial charge < -0.3 is 14.8 Å². The van der Waals surface area contributed by atoms with Gasteiger partial charge in [-0.2, -0.15) is 0 Å². The number of aromatic nitrogens is 1. The highest BCUT2D eigenvalue weighted by Gasteiger charge is 2.42. The van der Waals surface area contributed by atoms with Crippen molar-refractivity contribution in [1.82, 2.24) is 4.98 Å². The topological polar surface area (TPSA) is 84.3 Å². The fourth-order valence-electron chi connectivity index (χ4n) is 3.29.